The molecule has 0 aliphatic carbocycles. The lowest BCUT2D eigenvalue weighted by Gasteiger charge is -2.22. The number of nitrogens with zero attached hydrogens (tertiary/aromatic N) is 1. The highest BCUT2D eigenvalue weighted by Crippen LogP contribution is 2.46. The van der Waals surface area contributed by atoms with Crippen LogP contribution in [0, 0.1) is 6.92 Å². The van der Waals surface area contributed by atoms with Gasteiger partial charge in [0.15, 0.2) is 0 Å². The van der Waals surface area contributed by atoms with Crippen LogP contribution in [0.5, 0.6) is 0 Å². The van der Waals surface area contributed by atoms with Crippen LogP contribution in [0.15, 0.2) is 36.4 Å². The van der Waals surface area contributed by atoms with E-state index in [9.17, 15) is 27.6 Å². The average molecular weight is 424 g/mol. The first kappa shape index (κ1) is 19.3. The summed E-state index contributed by atoms with van der Waals surface area (Å²) < 4.78 is 38.4. The minimum atomic E-state index is -4.47. The van der Waals surface area contributed by atoms with Crippen molar-refractivity contribution in [3.05, 3.63) is 63.7 Å². The summed E-state index contributed by atoms with van der Waals surface area (Å²) in [6, 6.07) is 6.58. The number of aryl methyl sites for hydroxylation is 1. The first-order valence-electron chi connectivity index (χ1n) is 8.46. The summed E-state index contributed by atoms with van der Waals surface area (Å²) in [7, 11) is 0. The Morgan fingerprint density at radius 3 is 2.31 bits per heavy atom. The van der Waals surface area contributed by atoms with Gasteiger partial charge in [0.25, 0.3) is 11.8 Å². The van der Waals surface area contributed by atoms with Crippen LogP contribution in [0.1, 0.15) is 22.3 Å². The lowest BCUT2D eigenvalue weighted by Crippen LogP contribution is -2.52. The molecule has 10 heteroatoms. The molecule has 0 saturated carbocycles. The summed E-state index contributed by atoms with van der Waals surface area (Å²) in [5.41, 5.74) is -1.14. The number of hydrogen-bond acceptors (Lipinski definition) is 3. The summed E-state index contributed by atoms with van der Waals surface area (Å²) >= 11 is 6.11. The summed E-state index contributed by atoms with van der Waals surface area (Å²) in [6.07, 6.45) is -4.47. The Balaban J connectivity index is 1.79. The van der Waals surface area contributed by atoms with Crippen molar-refractivity contribution in [3.8, 4) is 0 Å². The van der Waals surface area contributed by atoms with Crippen molar-refractivity contribution in [2.75, 3.05) is 4.90 Å². The fraction of sp³-hybridized carbons (Fsp3) is 0.211. The van der Waals surface area contributed by atoms with Gasteiger partial charge in [0, 0.05) is 10.6 Å². The zero-order chi connectivity index (χ0) is 21.1. The van der Waals surface area contributed by atoms with E-state index in [0.29, 0.717) is 16.8 Å². The molecule has 4 rings (SSSR count). The molecule has 2 aromatic carbocycles. The van der Waals surface area contributed by atoms with E-state index in [1.807, 2.05) is 0 Å². The van der Waals surface area contributed by atoms with E-state index in [4.69, 9.17) is 11.6 Å². The molecule has 150 valence electrons. The third-order valence-corrected chi connectivity index (χ3v) is 5.21. The SMILES string of the molecule is Cc1cc(Cl)cc2c1N(Cc1ccc(C(F)(F)F)cc1)C(=O)C21NC(=O)NC1=O. The molecular formula is C19H13ClF3N3O3. The van der Waals surface area contributed by atoms with Crippen LogP contribution < -0.4 is 15.5 Å². The van der Waals surface area contributed by atoms with Gasteiger partial charge in [0.05, 0.1) is 17.8 Å². The minimum absolute atomic E-state index is 0.0860. The van der Waals surface area contributed by atoms with Gasteiger partial charge in [0.2, 0.25) is 5.54 Å². The Labute approximate surface area is 167 Å². The number of carbonyl (C=O) groups excluding carboxylic acids is 3. The van der Waals surface area contributed by atoms with Gasteiger partial charge in [-0.05, 0) is 42.3 Å². The monoisotopic (exact) mass is 423 g/mol. The molecule has 2 aliphatic rings. The van der Waals surface area contributed by atoms with Crippen molar-refractivity contribution in [1.29, 1.82) is 0 Å². The second-order valence-corrected chi connectivity index (χ2v) is 7.30. The number of carbonyl (C=O) groups is 3. The number of urea groups is 1. The van der Waals surface area contributed by atoms with Crippen LogP contribution >= 0.6 is 11.6 Å². The molecule has 2 heterocycles. The molecule has 2 aliphatic heterocycles. The number of nitrogens with one attached hydrogen (secondary N) is 2. The number of alkyl halides is 3. The van der Waals surface area contributed by atoms with Crippen LogP contribution in [0.3, 0.4) is 0 Å². The number of benzene rings is 2. The number of anilines is 1. The largest absolute Gasteiger partial charge is 0.416 e. The van der Waals surface area contributed by atoms with E-state index in [2.05, 4.69) is 10.6 Å². The second kappa shape index (κ2) is 6.21. The highest BCUT2D eigenvalue weighted by Gasteiger charge is 2.61. The topological polar surface area (TPSA) is 78.5 Å². The smallest absolute Gasteiger partial charge is 0.312 e. The summed E-state index contributed by atoms with van der Waals surface area (Å²) in [5.74, 6) is -1.54. The molecule has 0 radical (unpaired) electrons. The zero-order valence-corrected chi connectivity index (χ0v) is 15.6. The van der Waals surface area contributed by atoms with Gasteiger partial charge in [-0.25, -0.2) is 4.79 Å². The summed E-state index contributed by atoms with van der Waals surface area (Å²) in [5, 5.41) is 4.73. The lowest BCUT2D eigenvalue weighted by atomic mass is 9.90. The predicted octanol–water partition coefficient (Wildman–Crippen LogP) is 3.25. The van der Waals surface area contributed by atoms with E-state index in [-0.39, 0.29) is 17.1 Å². The quantitative estimate of drug-likeness (QED) is 0.575. The van der Waals surface area contributed by atoms with E-state index in [0.717, 1.165) is 12.1 Å². The second-order valence-electron chi connectivity index (χ2n) is 6.86. The number of hydrogen-bond donors (Lipinski definition) is 2. The van der Waals surface area contributed by atoms with E-state index >= 15 is 0 Å². The lowest BCUT2D eigenvalue weighted by molar-refractivity contribution is -0.138. The average Bonchev–Trinajstić information content (AvgIpc) is 3.04. The van der Waals surface area contributed by atoms with Crippen LogP contribution in [0.2, 0.25) is 5.02 Å². The van der Waals surface area contributed by atoms with Crippen molar-refractivity contribution < 1.29 is 27.6 Å². The maximum Gasteiger partial charge on any atom is 0.416 e. The van der Waals surface area contributed by atoms with Gasteiger partial charge in [-0.1, -0.05) is 23.7 Å². The molecule has 2 aromatic rings. The van der Waals surface area contributed by atoms with Gasteiger partial charge in [-0.15, -0.1) is 0 Å². The van der Waals surface area contributed by atoms with Gasteiger partial charge >= 0.3 is 12.2 Å². The molecule has 2 N–H and O–H groups in total. The maximum absolute atomic E-state index is 13.3. The van der Waals surface area contributed by atoms with E-state index < -0.39 is 35.1 Å². The van der Waals surface area contributed by atoms with Crippen LogP contribution in [0.4, 0.5) is 23.7 Å². The highest BCUT2D eigenvalue weighted by atomic mass is 35.5. The van der Waals surface area contributed by atoms with Gasteiger partial charge in [0.1, 0.15) is 0 Å². The number of halogens is 4. The molecule has 4 amide bonds. The molecule has 1 spiro atoms. The van der Waals surface area contributed by atoms with Gasteiger partial charge in [-0.3, -0.25) is 14.9 Å². The van der Waals surface area contributed by atoms with Crippen LogP contribution in [-0.2, 0) is 27.8 Å². The van der Waals surface area contributed by atoms with Crippen molar-refractivity contribution in [2.24, 2.45) is 0 Å². The van der Waals surface area contributed by atoms with Crippen molar-refractivity contribution >= 4 is 35.1 Å². The first-order chi connectivity index (χ1) is 13.5. The Morgan fingerprint density at radius 2 is 1.76 bits per heavy atom. The highest BCUT2D eigenvalue weighted by molar-refractivity contribution is 6.32. The number of rotatable bonds is 2. The Hall–Kier alpha value is -3.07. The van der Waals surface area contributed by atoms with E-state index in [1.54, 1.807) is 13.0 Å². The number of amides is 4. The Morgan fingerprint density at radius 1 is 1.10 bits per heavy atom. The number of imide groups is 1. The zero-order valence-electron chi connectivity index (χ0n) is 14.9. The molecule has 0 bridgehead atoms. The third kappa shape index (κ3) is 2.84. The molecule has 1 saturated heterocycles. The first-order valence-corrected chi connectivity index (χ1v) is 8.84. The summed E-state index contributed by atoms with van der Waals surface area (Å²) in [4.78, 5) is 38.9. The molecule has 1 atom stereocenters. The van der Waals surface area contributed by atoms with Gasteiger partial charge in [-0.2, -0.15) is 13.2 Å². The third-order valence-electron chi connectivity index (χ3n) is 5.00. The van der Waals surface area contributed by atoms with E-state index in [1.165, 1.54) is 23.1 Å². The van der Waals surface area contributed by atoms with Crippen molar-refractivity contribution in [1.82, 2.24) is 10.6 Å². The van der Waals surface area contributed by atoms with Gasteiger partial charge < -0.3 is 10.2 Å². The predicted molar refractivity (Wildman–Crippen MR) is 97.2 cm³/mol. The van der Waals surface area contributed by atoms with Crippen LogP contribution in [-0.4, -0.2) is 17.8 Å². The molecule has 1 unspecified atom stereocenters. The molecule has 0 aromatic heterocycles. The molecule has 29 heavy (non-hydrogen) atoms. The molecular weight excluding hydrogens is 411 g/mol. The number of fused-ring (bicyclic) bond motifs is 2. The standard InChI is InChI=1S/C19H13ClF3N3O3/c1-9-6-12(20)7-13-14(9)26(16(28)18(13)15(27)24-17(29)25-18)8-10-2-4-11(5-3-10)19(21,22)23/h2-7H,8H2,1H3,(H2,24,25,27,29). The fourth-order valence-corrected chi connectivity index (χ4v) is 4.00. The Kier molecular flexibility index (Phi) is 4.13. The van der Waals surface area contributed by atoms with Crippen LogP contribution in [0.25, 0.3) is 0 Å². The summed E-state index contributed by atoms with van der Waals surface area (Å²) in [6.45, 7) is 1.60. The Bertz CT molecular complexity index is 1070. The molecule has 6 nitrogen and oxygen atoms in total. The molecule has 1 fully saturated rings. The normalized spacial score (nSPS) is 20.9. The maximum atomic E-state index is 13.3. The van der Waals surface area contributed by atoms with Crippen molar-refractivity contribution in [3.63, 3.8) is 0 Å². The fourth-order valence-electron chi connectivity index (χ4n) is 3.73. The minimum Gasteiger partial charge on any atom is -0.312 e. The van der Waals surface area contributed by atoms with Crippen molar-refractivity contribution in [2.45, 2.75) is 25.2 Å².